The summed E-state index contributed by atoms with van der Waals surface area (Å²) in [6.07, 6.45) is 0. The van der Waals surface area contributed by atoms with Crippen molar-refractivity contribution >= 4 is 22.2 Å². The Morgan fingerprint density at radius 1 is 1.40 bits per heavy atom. The maximum atomic E-state index is 11.9. The highest BCUT2D eigenvalue weighted by atomic mass is 32.1. The third-order valence-electron chi connectivity index (χ3n) is 3.02. The van der Waals surface area contributed by atoms with Gasteiger partial charge < -0.3 is 10.6 Å². The number of rotatable bonds is 5. The van der Waals surface area contributed by atoms with E-state index in [1.807, 2.05) is 35.6 Å². The topological polar surface area (TPSA) is 69.5 Å². The fourth-order valence-corrected chi connectivity index (χ4v) is 2.60. The van der Waals surface area contributed by atoms with Gasteiger partial charge in [-0.1, -0.05) is 30.3 Å². The summed E-state index contributed by atoms with van der Waals surface area (Å²) in [5, 5.41) is 16.1. The number of nitrogens with two attached hydrogens (primary N) is 1. The minimum atomic E-state index is -0.0910. The van der Waals surface area contributed by atoms with Crippen LogP contribution in [-0.4, -0.2) is 12.5 Å². The summed E-state index contributed by atoms with van der Waals surface area (Å²) < 4.78 is 0. The number of hydrogen-bond donors (Lipinski definition) is 2. The summed E-state index contributed by atoms with van der Waals surface area (Å²) in [6, 6.07) is 14.0. The first kappa shape index (κ1) is 14.3. The molecule has 0 unspecified atom stereocenters. The van der Waals surface area contributed by atoms with E-state index < -0.39 is 0 Å². The second-order valence-electron chi connectivity index (χ2n) is 4.46. The molecule has 0 saturated carbocycles. The molecule has 5 heteroatoms. The third kappa shape index (κ3) is 3.67. The lowest BCUT2D eigenvalue weighted by molar-refractivity contribution is -0.682. The molecular formula is C15H16N3OS+. The van der Waals surface area contributed by atoms with E-state index in [0.29, 0.717) is 17.1 Å². The largest absolute Gasteiger partial charge is 0.333 e. The molecule has 0 bridgehead atoms. The fraction of sp³-hybridized carbons (Fsp3) is 0.200. The summed E-state index contributed by atoms with van der Waals surface area (Å²) in [7, 11) is 0. The number of nitrogens with zero attached hydrogens (tertiary/aromatic N) is 1. The quantitative estimate of drug-likeness (QED) is 0.881. The predicted octanol–water partition coefficient (Wildman–Crippen LogP) is 1.88. The molecule has 1 atom stereocenters. The lowest BCUT2D eigenvalue weighted by atomic mass is 10.1. The Hall–Kier alpha value is -2.16. The molecule has 1 heterocycles. The van der Waals surface area contributed by atoms with E-state index in [9.17, 15) is 4.79 Å². The van der Waals surface area contributed by atoms with Crippen molar-refractivity contribution in [3.63, 3.8) is 0 Å². The molecule has 0 aliphatic heterocycles. The molecule has 0 aliphatic rings. The van der Waals surface area contributed by atoms with E-state index >= 15 is 0 Å². The van der Waals surface area contributed by atoms with Gasteiger partial charge in [-0.15, -0.1) is 11.3 Å². The first-order valence-electron chi connectivity index (χ1n) is 6.36. The lowest BCUT2D eigenvalue weighted by Gasteiger charge is -2.10. The number of quaternary nitrogens is 1. The van der Waals surface area contributed by atoms with Crippen molar-refractivity contribution in [2.45, 2.75) is 13.0 Å². The molecule has 0 fully saturated rings. The number of anilines is 1. The normalized spacial score (nSPS) is 11.6. The van der Waals surface area contributed by atoms with Gasteiger partial charge in [0.2, 0.25) is 0 Å². The van der Waals surface area contributed by atoms with Crippen LogP contribution in [0.1, 0.15) is 24.1 Å². The molecule has 2 rings (SSSR count). The maximum Gasteiger partial charge on any atom is 0.280 e. The Balaban J connectivity index is 1.86. The van der Waals surface area contributed by atoms with Crippen LogP contribution >= 0.6 is 11.3 Å². The number of nitrogens with one attached hydrogen (secondary N) is 1. The molecule has 0 spiro atoms. The molecule has 0 saturated heterocycles. The van der Waals surface area contributed by atoms with Gasteiger partial charge in [0.15, 0.2) is 6.54 Å². The average Bonchev–Trinajstić information content (AvgIpc) is 2.92. The molecule has 1 amide bonds. The van der Waals surface area contributed by atoms with Gasteiger partial charge in [-0.3, -0.25) is 4.79 Å². The SMILES string of the molecule is C[C@H]([NH2+]CC(=O)Nc1sccc1C#N)c1ccccc1. The van der Waals surface area contributed by atoms with Crippen molar-refractivity contribution < 1.29 is 10.1 Å². The smallest absolute Gasteiger partial charge is 0.280 e. The van der Waals surface area contributed by atoms with Gasteiger partial charge in [-0.2, -0.15) is 5.26 Å². The highest BCUT2D eigenvalue weighted by molar-refractivity contribution is 7.14. The van der Waals surface area contributed by atoms with Crippen LogP contribution in [0.15, 0.2) is 41.8 Å². The van der Waals surface area contributed by atoms with E-state index in [1.54, 1.807) is 11.4 Å². The molecule has 0 radical (unpaired) electrons. The molecule has 102 valence electrons. The first-order valence-corrected chi connectivity index (χ1v) is 7.24. The van der Waals surface area contributed by atoms with Crippen LogP contribution in [0.2, 0.25) is 0 Å². The van der Waals surface area contributed by atoms with E-state index in [4.69, 9.17) is 5.26 Å². The lowest BCUT2D eigenvalue weighted by Crippen LogP contribution is -2.86. The highest BCUT2D eigenvalue weighted by Gasteiger charge is 2.13. The molecule has 1 aromatic carbocycles. The Morgan fingerprint density at radius 3 is 2.85 bits per heavy atom. The Kier molecular flexibility index (Phi) is 4.88. The number of amides is 1. The van der Waals surface area contributed by atoms with Crippen LogP contribution < -0.4 is 10.6 Å². The van der Waals surface area contributed by atoms with E-state index in [-0.39, 0.29) is 11.9 Å². The Labute approximate surface area is 122 Å². The first-order chi connectivity index (χ1) is 9.70. The van der Waals surface area contributed by atoms with Crippen LogP contribution in [-0.2, 0) is 4.79 Å². The van der Waals surface area contributed by atoms with Gasteiger partial charge in [0.25, 0.3) is 5.91 Å². The second-order valence-corrected chi connectivity index (χ2v) is 5.38. The van der Waals surface area contributed by atoms with Crippen LogP contribution in [0.5, 0.6) is 0 Å². The second kappa shape index (κ2) is 6.85. The van der Waals surface area contributed by atoms with Gasteiger partial charge in [0, 0.05) is 5.56 Å². The minimum Gasteiger partial charge on any atom is -0.333 e. The summed E-state index contributed by atoms with van der Waals surface area (Å²) in [5.74, 6) is -0.0910. The number of carbonyl (C=O) groups excluding carboxylic acids is 1. The number of thiophene rings is 1. The zero-order valence-corrected chi connectivity index (χ0v) is 12.0. The van der Waals surface area contributed by atoms with Crippen LogP contribution in [0.25, 0.3) is 0 Å². The number of nitriles is 1. The monoisotopic (exact) mass is 286 g/mol. The van der Waals surface area contributed by atoms with Crippen LogP contribution in [0, 0.1) is 11.3 Å². The number of carbonyl (C=O) groups is 1. The van der Waals surface area contributed by atoms with Gasteiger partial charge in [0.1, 0.15) is 17.1 Å². The molecule has 3 N–H and O–H groups in total. The zero-order chi connectivity index (χ0) is 14.4. The van der Waals surface area contributed by atoms with Gasteiger partial charge >= 0.3 is 0 Å². The van der Waals surface area contributed by atoms with Gasteiger partial charge in [-0.25, -0.2) is 0 Å². The van der Waals surface area contributed by atoms with Crippen molar-refractivity contribution in [2.24, 2.45) is 0 Å². The van der Waals surface area contributed by atoms with Crippen molar-refractivity contribution in [1.29, 1.82) is 5.26 Å². The highest BCUT2D eigenvalue weighted by Crippen LogP contribution is 2.21. The van der Waals surface area contributed by atoms with E-state index in [2.05, 4.69) is 18.3 Å². The zero-order valence-electron chi connectivity index (χ0n) is 11.2. The average molecular weight is 286 g/mol. The molecule has 2 aromatic rings. The van der Waals surface area contributed by atoms with E-state index in [0.717, 1.165) is 0 Å². The molecule has 20 heavy (non-hydrogen) atoms. The van der Waals surface area contributed by atoms with Crippen LogP contribution in [0.3, 0.4) is 0 Å². The summed E-state index contributed by atoms with van der Waals surface area (Å²) in [6.45, 7) is 2.40. The third-order valence-corrected chi connectivity index (χ3v) is 3.85. The summed E-state index contributed by atoms with van der Waals surface area (Å²) >= 11 is 1.36. The van der Waals surface area contributed by atoms with Crippen molar-refractivity contribution in [2.75, 3.05) is 11.9 Å². The van der Waals surface area contributed by atoms with E-state index in [1.165, 1.54) is 16.9 Å². The molecule has 4 nitrogen and oxygen atoms in total. The summed E-state index contributed by atoms with van der Waals surface area (Å²) in [4.78, 5) is 11.9. The van der Waals surface area contributed by atoms with Gasteiger partial charge in [-0.05, 0) is 18.4 Å². The Morgan fingerprint density at radius 2 is 2.15 bits per heavy atom. The molecule has 1 aromatic heterocycles. The molecule has 0 aliphatic carbocycles. The standard InChI is InChI=1S/C15H15N3OS/c1-11(12-5-3-2-4-6-12)17-10-14(19)18-15-13(9-16)7-8-20-15/h2-8,11,17H,10H2,1H3,(H,18,19)/p+1/t11-/m0/s1. The van der Waals surface area contributed by atoms with Crippen molar-refractivity contribution in [3.8, 4) is 6.07 Å². The summed E-state index contributed by atoms with van der Waals surface area (Å²) in [5.41, 5.74) is 1.70. The predicted molar refractivity (Wildman–Crippen MR) is 79.3 cm³/mol. The number of benzene rings is 1. The molecular weight excluding hydrogens is 270 g/mol. The fourth-order valence-electron chi connectivity index (χ4n) is 1.85. The Bertz CT molecular complexity index is 616. The van der Waals surface area contributed by atoms with Gasteiger partial charge in [0.05, 0.1) is 5.56 Å². The number of hydrogen-bond acceptors (Lipinski definition) is 3. The minimum absolute atomic E-state index is 0.0910. The van der Waals surface area contributed by atoms with Crippen molar-refractivity contribution in [3.05, 3.63) is 52.9 Å². The maximum absolute atomic E-state index is 11.9. The van der Waals surface area contributed by atoms with Crippen molar-refractivity contribution in [1.82, 2.24) is 0 Å². The van der Waals surface area contributed by atoms with Crippen LogP contribution in [0.4, 0.5) is 5.00 Å².